The van der Waals surface area contributed by atoms with E-state index >= 15 is 0 Å². The summed E-state index contributed by atoms with van der Waals surface area (Å²) in [6.07, 6.45) is 2.55. The van der Waals surface area contributed by atoms with Crippen LogP contribution in [0.1, 0.15) is 15.9 Å². The Morgan fingerprint density at radius 3 is 2.68 bits per heavy atom. The number of piperazine rings is 1. The Hall–Kier alpha value is -3.76. The van der Waals surface area contributed by atoms with E-state index in [-0.39, 0.29) is 22.8 Å². The van der Waals surface area contributed by atoms with Crippen molar-refractivity contribution in [2.75, 3.05) is 26.2 Å². The molecular formula is C21H21FN7O2+. The number of H-pyrrole nitrogens is 1. The average molecular weight is 422 g/mol. The highest BCUT2D eigenvalue weighted by molar-refractivity contribution is 5.94. The van der Waals surface area contributed by atoms with Gasteiger partial charge >= 0.3 is 0 Å². The molecule has 1 saturated heterocycles. The molecule has 2 aromatic heterocycles. The van der Waals surface area contributed by atoms with Crippen LogP contribution in [0.2, 0.25) is 0 Å². The second kappa shape index (κ2) is 8.94. The Balaban J connectivity index is 1.53. The number of amides is 1. The summed E-state index contributed by atoms with van der Waals surface area (Å²) in [5, 5.41) is 8.76. The lowest BCUT2D eigenvalue weighted by Gasteiger charge is -2.27. The number of benzene rings is 1. The van der Waals surface area contributed by atoms with Crippen LogP contribution < -0.4 is 16.2 Å². The molecule has 0 atom stereocenters. The summed E-state index contributed by atoms with van der Waals surface area (Å²) in [6.45, 7) is 2.95. The van der Waals surface area contributed by atoms with E-state index in [4.69, 9.17) is 5.53 Å². The number of carbonyl (C=O) groups is 1. The molecule has 31 heavy (non-hydrogen) atoms. The van der Waals surface area contributed by atoms with Gasteiger partial charge in [0.2, 0.25) is 0 Å². The lowest BCUT2D eigenvalue weighted by atomic mass is 10.1. The van der Waals surface area contributed by atoms with Crippen molar-refractivity contribution in [3.05, 3.63) is 76.1 Å². The van der Waals surface area contributed by atoms with Crippen LogP contribution in [0.5, 0.6) is 0 Å². The van der Waals surface area contributed by atoms with Crippen molar-refractivity contribution in [1.29, 1.82) is 5.53 Å². The van der Waals surface area contributed by atoms with Gasteiger partial charge in [-0.15, -0.1) is 0 Å². The molecule has 3 aromatic rings. The topological polar surface area (TPSA) is 131 Å². The van der Waals surface area contributed by atoms with Crippen molar-refractivity contribution in [3.63, 3.8) is 0 Å². The van der Waals surface area contributed by atoms with Gasteiger partial charge in [0.05, 0.1) is 11.8 Å². The number of aromatic nitrogens is 2. The molecule has 5 N–H and O–H groups in total. The Labute approximate surface area is 176 Å². The first kappa shape index (κ1) is 20.5. The summed E-state index contributed by atoms with van der Waals surface area (Å²) >= 11 is 0. The number of aromatic amines is 1. The Morgan fingerprint density at radius 2 is 1.97 bits per heavy atom. The molecule has 158 valence electrons. The van der Waals surface area contributed by atoms with Gasteiger partial charge in [-0.05, 0) is 24.3 Å². The van der Waals surface area contributed by atoms with E-state index in [0.29, 0.717) is 24.0 Å². The zero-order chi connectivity index (χ0) is 21.8. The monoisotopic (exact) mass is 422 g/mol. The van der Waals surface area contributed by atoms with Gasteiger partial charge in [-0.2, -0.15) is 5.11 Å². The van der Waals surface area contributed by atoms with E-state index in [0.717, 1.165) is 25.0 Å². The molecule has 1 aliphatic rings. The number of rotatable bonds is 5. The molecule has 0 radical (unpaired) electrons. The molecule has 3 heterocycles. The zero-order valence-corrected chi connectivity index (χ0v) is 16.6. The van der Waals surface area contributed by atoms with E-state index in [1.165, 1.54) is 18.3 Å². The van der Waals surface area contributed by atoms with Gasteiger partial charge in [-0.1, -0.05) is 0 Å². The third kappa shape index (κ3) is 4.55. The van der Waals surface area contributed by atoms with Crippen LogP contribution in [0.4, 0.5) is 10.1 Å². The minimum Gasteiger partial charge on any atom is -0.336 e. The van der Waals surface area contributed by atoms with Gasteiger partial charge < -0.3 is 15.2 Å². The maximum atomic E-state index is 13.5. The van der Waals surface area contributed by atoms with E-state index in [1.807, 2.05) is 4.90 Å². The number of halogens is 1. The highest BCUT2D eigenvalue weighted by atomic mass is 19.1. The van der Waals surface area contributed by atoms with Crippen LogP contribution in [-0.2, 0) is 0 Å². The van der Waals surface area contributed by atoms with Crippen molar-refractivity contribution < 1.29 is 14.5 Å². The smallest absolute Gasteiger partial charge is 0.259 e. The van der Waals surface area contributed by atoms with Crippen LogP contribution in [0.15, 0.2) is 58.7 Å². The summed E-state index contributed by atoms with van der Waals surface area (Å²) in [6, 6.07) is 9.78. The van der Waals surface area contributed by atoms with Crippen LogP contribution >= 0.6 is 0 Å². The molecule has 10 heteroatoms. The number of fused-ring (bicyclic) bond motifs is 1. The molecule has 1 fully saturated rings. The number of nitrogens with two attached hydrogens (primary N) is 1. The minimum atomic E-state index is -0.527. The molecule has 0 spiro atoms. The number of nitrogens with one attached hydrogen (secondary N) is 3. The quantitative estimate of drug-likeness (QED) is 0.365. The molecular weight excluding hydrogens is 401 g/mol. The van der Waals surface area contributed by atoms with Crippen molar-refractivity contribution in [2.45, 2.75) is 0 Å². The van der Waals surface area contributed by atoms with Gasteiger partial charge in [0.1, 0.15) is 23.4 Å². The van der Waals surface area contributed by atoms with Gasteiger partial charge in [0.25, 0.3) is 11.5 Å². The maximum Gasteiger partial charge on any atom is 0.259 e. The third-order valence-corrected chi connectivity index (χ3v) is 5.05. The standard InChI is InChI=1S/C21H20FN7O2/c22-15-9-14-10-17(20(30)27-19(14)26-11-15)18(28-23)12-25-16-3-1-13(2-4-16)21(31)29-7-5-24-6-8-29/h1-4,9-12,23-25H,5-8H2,(H,26,27,30)/p+1. The molecule has 1 aliphatic heterocycles. The number of nitrogens with zero attached hydrogens (tertiary/aromatic N) is 3. The van der Waals surface area contributed by atoms with Crippen LogP contribution in [-0.4, -0.2) is 47.0 Å². The summed E-state index contributed by atoms with van der Waals surface area (Å²) in [5.41, 5.74) is 8.88. The van der Waals surface area contributed by atoms with Crippen LogP contribution in [0.25, 0.3) is 16.7 Å². The SMILES string of the molecule is N=NC(=C[NH2+]c1ccc(C(=O)N2CCNCC2)cc1)c1cc2cc(F)cnc2[nH]c1=O. The Bertz CT molecular complexity index is 1210. The highest BCUT2D eigenvalue weighted by Gasteiger charge is 2.18. The predicted octanol–water partition coefficient (Wildman–Crippen LogP) is 1.33. The fourth-order valence-electron chi connectivity index (χ4n) is 3.41. The van der Waals surface area contributed by atoms with Crippen molar-refractivity contribution in [2.24, 2.45) is 5.11 Å². The minimum absolute atomic E-state index is 0.00558. The third-order valence-electron chi connectivity index (χ3n) is 5.05. The van der Waals surface area contributed by atoms with Gasteiger partial charge in [0, 0.05) is 49.3 Å². The zero-order valence-electron chi connectivity index (χ0n) is 16.6. The number of quaternary nitrogens is 1. The lowest BCUT2D eigenvalue weighted by Crippen LogP contribution is -2.71. The maximum absolute atomic E-state index is 13.5. The molecule has 4 rings (SSSR count). The van der Waals surface area contributed by atoms with Crippen molar-refractivity contribution in [3.8, 4) is 0 Å². The second-order valence-electron chi connectivity index (χ2n) is 7.10. The number of hydrogen-bond acceptors (Lipinski definition) is 6. The van der Waals surface area contributed by atoms with E-state index in [9.17, 15) is 14.0 Å². The first-order valence-corrected chi connectivity index (χ1v) is 9.76. The fourth-order valence-corrected chi connectivity index (χ4v) is 3.41. The normalized spacial score (nSPS) is 14.6. The Morgan fingerprint density at radius 1 is 1.23 bits per heavy atom. The largest absolute Gasteiger partial charge is 0.336 e. The molecule has 0 bridgehead atoms. The highest BCUT2D eigenvalue weighted by Crippen LogP contribution is 2.16. The van der Waals surface area contributed by atoms with Crippen LogP contribution in [0.3, 0.4) is 0 Å². The van der Waals surface area contributed by atoms with Gasteiger partial charge in [-0.25, -0.2) is 14.9 Å². The molecule has 0 aliphatic carbocycles. The van der Waals surface area contributed by atoms with E-state index < -0.39 is 11.4 Å². The van der Waals surface area contributed by atoms with Gasteiger partial charge in [0.15, 0.2) is 5.70 Å². The lowest BCUT2D eigenvalue weighted by molar-refractivity contribution is -0.495. The first-order chi connectivity index (χ1) is 15.0. The Kier molecular flexibility index (Phi) is 5.92. The van der Waals surface area contributed by atoms with Crippen molar-refractivity contribution in [1.82, 2.24) is 20.2 Å². The summed E-state index contributed by atoms with van der Waals surface area (Å²) < 4.78 is 13.5. The molecule has 0 saturated carbocycles. The molecule has 1 aromatic carbocycles. The molecule has 1 amide bonds. The van der Waals surface area contributed by atoms with E-state index in [2.05, 4.69) is 20.4 Å². The fraction of sp³-hybridized carbons (Fsp3) is 0.190. The number of pyridine rings is 2. The molecule has 0 unspecified atom stereocenters. The summed E-state index contributed by atoms with van der Waals surface area (Å²) in [5.74, 6) is -0.533. The first-order valence-electron chi connectivity index (χ1n) is 9.76. The average Bonchev–Trinajstić information content (AvgIpc) is 2.80. The van der Waals surface area contributed by atoms with Crippen molar-refractivity contribution >= 4 is 28.3 Å². The second-order valence-corrected chi connectivity index (χ2v) is 7.10. The van der Waals surface area contributed by atoms with Gasteiger partial charge in [-0.3, -0.25) is 14.9 Å². The number of hydrogen-bond donors (Lipinski definition) is 4. The predicted molar refractivity (Wildman–Crippen MR) is 112 cm³/mol. The van der Waals surface area contributed by atoms with Crippen LogP contribution in [0, 0.1) is 11.3 Å². The summed E-state index contributed by atoms with van der Waals surface area (Å²) in [4.78, 5) is 33.1. The number of carbonyl (C=O) groups excluding carboxylic acids is 1. The van der Waals surface area contributed by atoms with E-state index in [1.54, 1.807) is 29.6 Å². The molecule has 9 nitrogen and oxygen atoms in total. The summed E-state index contributed by atoms with van der Waals surface area (Å²) in [7, 11) is 0.